The molecule has 3 unspecified atom stereocenters. The minimum atomic E-state index is -3.51. The van der Waals surface area contributed by atoms with Gasteiger partial charge in [-0.2, -0.15) is 5.26 Å². The number of benzene rings is 1. The standard InChI is InChI=1S/C25H31N7O3S/c1-5-36(33,34)32(4)23-13-19(12-22(28-23)31(3)15-20-10-16(20)2)24-29-30-25(35-24)21(27)11-17-6-8-18(14-26)9-7-17/h6-9,12-13,16,20-21H,5,10-11,15,27H2,1-4H3. The number of nitriles is 1. The van der Waals surface area contributed by atoms with Crippen molar-refractivity contribution in [3.8, 4) is 17.5 Å². The van der Waals surface area contributed by atoms with Gasteiger partial charge in [-0.15, -0.1) is 10.2 Å². The van der Waals surface area contributed by atoms with E-state index < -0.39 is 16.1 Å². The Hall–Kier alpha value is -3.49. The molecule has 2 heterocycles. The number of nitrogens with two attached hydrogens (primary N) is 1. The van der Waals surface area contributed by atoms with Crippen molar-refractivity contribution in [2.45, 2.75) is 32.7 Å². The monoisotopic (exact) mass is 509 g/mol. The lowest BCUT2D eigenvalue weighted by Gasteiger charge is -2.23. The third-order valence-corrected chi connectivity index (χ3v) is 8.37. The number of rotatable bonds is 10. The number of nitrogens with zero attached hydrogens (tertiary/aromatic N) is 6. The molecule has 0 aliphatic heterocycles. The van der Waals surface area contributed by atoms with Crippen LogP contribution in [0.15, 0.2) is 40.8 Å². The van der Waals surface area contributed by atoms with Crippen molar-refractivity contribution in [1.29, 1.82) is 5.26 Å². The highest BCUT2D eigenvalue weighted by Gasteiger charge is 2.34. The van der Waals surface area contributed by atoms with E-state index in [0.717, 1.165) is 12.1 Å². The number of hydrogen-bond acceptors (Lipinski definition) is 9. The second-order valence-electron chi connectivity index (χ2n) is 9.36. The molecule has 1 saturated carbocycles. The molecule has 2 aromatic heterocycles. The molecule has 1 fully saturated rings. The summed E-state index contributed by atoms with van der Waals surface area (Å²) in [5, 5.41) is 17.3. The van der Waals surface area contributed by atoms with E-state index in [2.05, 4.69) is 28.2 Å². The van der Waals surface area contributed by atoms with Gasteiger partial charge < -0.3 is 15.1 Å². The number of hydrogen-bond donors (Lipinski definition) is 1. The molecule has 10 nitrogen and oxygen atoms in total. The van der Waals surface area contributed by atoms with Crippen LogP contribution in [0.3, 0.4) is 0 Å². The third-order valence-electron chi connectivity index (χ3n) is 6.62. The van der Waals surface area contributed by atoms with Crippen LogP contribution in [0.5, 0.6) is 0 Å². The zero-order chi connectivity index (χ0) is 26.0. The predicted octanol–water partition coefficient (Wildman–Crippen LogP) is 3.12. The molecule has 0 saturated heterocycles. The number of aromatic nitrogens is 3. The molecule has 3 aromatic rings. The molecule has 11 heteroatoms. The van der Waals surface area contributed by atoms with Crippen LogP contribution >= 0.6 is 0 Å². The molecule has 1 aliphatic carbocycles. The highest BCUT2D eigenvalue weighted by Crippen LogP contribution is 2.39. The fraction of sp³-hybridized carbons (Fsp3) is 0.440. The van der Waals surface area contributed by atoms with Crippen molar-refractivity contribution in [3.05, 3.63) is 53.4 Å². The first kappa shape index (κ1) is 25.6. The lowest BCUT2D eigenvalue weighted by Crippen LogP contribution is -2.30. The Morgan fingerprint density at radius 2 is 1.86 bits per heavy atom. The Morgan fingerprint density at radius 3 is 2.47 bits per heavy atom. The molecule has 3 atom stereocenters. The summed E-state index contributed by atoms with van der Waals surface area (Å²) in [7, 11) is -0.0776. The quantitative estimate of drug-likeness (QED) is 0.436. The van der Waals surface area contributed by atoms with Crippen LogP contribution in [0.4, 0.5) is 11.6 Å². The lowest BCUT2D eigenvalue weighted by atomic mass is 10.1. The Morgan fingerprint density at radius 1 is 1.19 bits per heavy atom. The van der Waals surface area contributed by atoms with Crippen molar-refractivity contribution in [2.75, 3.05) is 35.6 Å². The van der Waals surface area contributed by atoms with Crippen LogP contribution in [0.25, 0.3) is 11.5 Å². The average Bonchev–Trinajstić information content (AvgIpc) is 3.34. The van der Waals surface area contributed by atoms with E-state index in [-0.39, 0.29) is 23.4 Å². The van der Waals surface area contributed by atoms with E-state index in [0.29, 0.717) is 35.2 Å². The molecular weight excluding hydrogens is 478 g/mol. The summed E-state index contributed by atoms with van der Waals surface area (Å²) in [6.07, 6.45) is 1.63. The van der Waals surface area contributed by atoms with E-state index in [1.807, 2.05) is 30.1 Å². The molecule has 0 amide bonds. The molecule has 0 radical (unpaired) electrons. The lowest BCUT2D eigenvalue weighted by molar-refractivity contribution is 0.457. The molecule has 0 spiro atoms. The maximum atomic E-state index is 12.6. The molecule has 190 valence electrons. The van der Waals surface area contributed by atoms with Crippen LogP contribution in [-0.2, 0) is 16.4 Å². The second-order valence-corrected chi connectivity index (χ2v) is 11.6. The first-order valence-electron chi connectivity index (χ1n) is 11.9. The molecule has 4 rings (SSSR count). The number of sulfonamides is 1. The van der Waals surface area contributed by atoms with Gasteiger partial charge in [-0.3, -0.25) is 4.31 Å². The molecule has 36 heavy (non-hydrogen) atoms. The Balaban J connectivity index is 1.62. The molecule has 1 aromatic carbocycles. The summed E-state index contributed by atoms with van der Waals surface area (Å²) in [5.41, 5.74) is 8.41. The van der Waals surface area contributed by atoms with Crippen LogP contribution in [0.1, 0.15) is 43.3 Å². The zero-order valence-corrected chi connectivity index (χ0v) is 21.7. The van der Waals surface area contributed by atoms with Gasteiger partial charge in [0.15, 0.2) is 0 Å². The molecule has 0 bridgehead atoms. The van der Waals surface area contributed by atoms with Gasteiger partial charge in [-0.1, -0.05) is 19.1 Å². The van der Waals surface area contributed by atoms with Gasteiger partial charge in [0, 0.05) is 26.2 Å². The summed E-state index contributed by atoms with van der Waals surface area (Å²) in [6.45, 7) is 4.64. The largest absolute Gasteiger partial charge is 0.419 e. The van der Waals surface area contributed by atoms with Gasteiger partial charge in [0.25, 0.3) is 0 Å². The van der Waals surface area contributed by atoms with Crippen molar-refractivity contribution < 1.29 is 12.8 Å². The molecular formula is C25H31N7O3S. The highest BCUT2D eigenvalue weighted by atomic mass is 32.2. The second kappa shape index (κ2) is 10.2. The minimum Gasteiger partial charge on any atom is -0.419 e. The van der Waals surface area contributed by atoms with Gasteiger partial charge >= 0.3 is 0 Å². The van der Waals surface area contributed by atoms with E-state index in [1.54, 1.807) is 25.1 Å². The smallest absolute Gasteiger partial charge is 0.248 e. The van der Waals surface area contributed by atoms with Gasteiger partial charge in [-0.05, 0) is 61.4 Å². The maximum Gasteiger partial charge on any atom is 0.248 e. The van der Waals surface area contributed by atoms with E-state index in [1.165, 1.54) is 17.8 Å². The van der Waals surface area contributed by atoms with Gasteiger partial charge in [-0.25, -0.2) is 13.4 Å². The van der Waals surface area contributed by atoms with Crippen LogP contribution in [0, 0.1) is 23.2 Å². The van der Waals surface area contributed by atoms with E-state index >= 15 is 0 Å². The summed E-state index contributed by atoms with van der Waals surface area (Å²) < 4.78 is 32.2. The fourth-order valence-corrected chi connectivity index (χ4v) is 4.74. The summed E-state index contributed by atoms with van der Waals surface area (Å²) in [6, 6.07) is 12.2. The van der Waals surface area contributed by atoms with Gasteiger partial charge in [0.05, 0.1) is 23.4 Å². The van der Waals surface area contributed by atoms with Crippen LogP contribution in [-0.4, -0.2) is 50.0 Å². The zero-order valence-electron chi connectivity index (χ0n) is 20.9. The van der Waals surface area contributed by atoms with Gasteiger partial charge in [0.1, 0.15) is 11.6 Å². The topological polar surface area (TPSA) is 142 Å². The summed E-state index contributed by atoms with van der Waals surface area (Å²) in [5.74, 6) is 2.63. The number of pyridine rings is 1. The fourth-order valence-electron chi connectivity index (χ4n) is 3.97. The molecule has 1 aliphatic rings. The first-order valence-corrected chi connectivity index (χ1v) is 13.5. The predicted molar refractivity (Wildman–Crippen MR) is 138 cm³/mol. The number of anilines is 2. The van der Waals surface area contributed by atoms with Crippen molar-refractivity contribution in [3.63, 3.8) is 0 Å². The molecule has 2 N–H and O–H groups in total. The SMILES string of the molecule is CCS(=O)(=O)N(C)c1cc(-c2nnc(C(N)Cc3ccc(C#N)cc3)o2)cc(N(C)CC2CC2C)n1. The van der Waals surface area contributed by atoms with Crippen LogP contribution < -0.4 is 14.9 Å². The van der Waals surface area contributed by atoms with E-state index in [9.17, 15) is 8.42 Å². The van der Waals surface area contributed by atoms with Crippen molar-refractivity contribution >= 4 is 21.7 Å². The summed E-state index contributed by atoms with van der Waals surface area (Å²) >= 11 is 0. The Labute approximate surface area is 211 Å². The van der Waals surface area contributed by atoms with E-state index in [4.69, 9.17) is 15.4 Å². The first-order chi connectivity index (χ1) is 17.1. The maximum absolute atomic E-state index is 12.6. The highest BCUT2D eigenvalue weighted by molar-refractivity contribution is 7.92. The normalized spacial score (nSPS) is 17.9. The van der Waals surface area contributed by atoms with Crippen molar-refractivity contribution in [2.24, 2.45) is 17.6 Å². The average molecular weight is 510 g/mol. The summed E-state index contributed by atoms with van der Waals surface area (Å²) in [4.78, 5) is 6.66. The third kappa shape index (κ3) is 5.66. The minimum absolute atomic E-state index is 0.0466. The van der Waals surface area contributed by atoms with Crippen molar-refractivity contribution in [1.82, 2.24) is 15.2 Å². The van der Waals surface area contributed by atoms with Crippen LogP contribution in [0.2, 0.25) is 0 Å². The van der Waals surface area contributed by atoms with Gasteiger partial charge in [0.2, 0.25) is 21.8 Å². The Kier molecular flexibility index (Phi) is 7.28. The Bertz CT molecular complexity index is 1370.